The maximum absolute atomic E-state index is 12.6. The molecule has 0 radical (unpaired) electrons. The Morgan fingerprint density at radius 2 is 0.610 bits per heavy atom. The van der Waals surface area contributed by atoms with E-state index in [1.807, 2.05) is 0 Å². The van der Waals surface area contributed by atoms with Crippen molar-refractivity contribution in [2.24, 2.45) is 0 Å². The van der Waals surface area contributed by atoms with E-state index in [1.54, 1.807) is 0 Å². The highest BCUT2D eigenvalue weighted by atomic mass is 16.5. The summed E-state index contributed by atoms with van der Waals surface area (Å²) in [7, 11) is 0. The number of carbonyl (C=O) groups excluding carboxylic acids is 2. The lowest BCUT2D eigenvalue weighted by Gasteiger charge is -2.22. The van der Waals surface area contributed by atoms with Gasteiger partial charge >= 0.3 is 5.97 Å². The number of aliphatic hydroxyl groups excluding tert-OH is 2. The van der Waals surface area contributed by atoms with E-state index in [4.69, 9.17) is 4.74 Å². The van der Waals surface area contributed by atoms with Gasteiger partial charge in [0.1, 0.15) is 0 Å². The molecule has 486 valence electrons. The molecule has 82 heavy (non-hydrogen) atoms. The number of hydrogen-bond donors (Lipinski definition) is 3. The Balaban J connectivity index is 3.35. The van der Waals surface area contributed by atoms with Gasteiger partial charge in [0.25, 0.3) is 0 Å². The molecule has 0 saturated heterocycles. The molecule has 6 heteroatoms. The summed E-state index contributed by atoms with van der Waals surface area (Å²) >= 11 is 0. The van der Waals surface area contributed by atoms with Gasteiger partial charge in [-0.15, -0.1) is 0 Å². The zero-order valence-corrected chi connectivity index (χ0v) is 55.8. The predicted octanol–water partition coefficient (Wildman–Crippen LogP) is 24.5. The molecule has 0 rings (SSSR count). The fourth-order valence-electron chi connectivity index (χ4n) is 12.0. The van der Waals surface area contributed by atoms with Gasteiger partial charge in [-0.25, -0.2) is 0 Å². The van der Waals surface area contributed by atoms with E-state index in [-0.39, 0.29) is 18.5 Å². The number of unbranched alkanes of at least 4 members (excludes halogenated alkanes) is 56. The molecule has 3 N–H and O–H groups in total. The Bertz CT molecular complexity index is 1280. The van der Waals surface area contributed by atoms with Crippen molar-refractivity contribution in [3.63, 3.8) is 0 Å². The number of nitrogens with one attached hydrogen (secondary N) is 1. The molecular weight excluding hydrogens is 1010 g/mol. The molecular formula is C76H147NO5. The molecule has 0 saturated carbocycles. The van der Waals surface area contributed by atoms with Crippen LogP contribution in [-0.2, 0) is 14.3 Å². The number of allylic oxidation sites excluding steroid dienone is 4. The molecule has 0 aliphatic rings. The molecule has 2 atom stereocenters. The number of carbonyl (C=O) groups is 2. The Morgan fingerprint density at radius 3 is 0.951 bits per heavy atom. The number of amides is 1. The van der Waals surface area contributed by atoms with Crippen molar-refractivity contribution in [1.82, 2.24) is 5.32 Å². The summed E-state index contributed by atoms with van der Waals surface area (Å²) in [6, 6.07) is -0.541. The lowest BCUT2D eigenvalue weighted by Crippen LogP contribution is -2.45. The van der Waals surface area contributed by atoms with Gasteiger partial charge in [0.2, 0.25) is 5.91 Å². The van der Waals surface area contributed by atoms with Crippen LogP contribution < -0.4 is 5.32 Å². The first-order valence-electron chi connectivity index (χ1n) is 37.6. The summed E-state index contributed by atoms with van der Waals surface area (Å²) in [6.07, 6.45) is 91.0. The monoisotopic (exact) mass is 1150 g/mol. The Labute approximate surface area is 513 Å². The molecule has 0 fully saturated rings. The number of rotatable bonds is 71. The molecule has 0 aromatic carbocycles. The first kappa shape index (κ1) is 80.3. The second-order valence-corrected chi connectivity index (χ2v) is 26.0. The Kier molecular flexibility index (Phi) is 70.4. The van der Waals surface area contributed by atoms with Crippen LogP contribution in [0.5, 0.6) is 0 Å². The first-order valence-corrected chi connectivity index (χ1v) is 37.6. The molecule has 0 aliphatic carbocycles. The number of ether oxygens (including phenoxy) is 1. The third-order valence-corrected chi connectivity index (χ3v) is 17.8. The normalized spacial score (nSPS) is 12.6. The average Bonchev–Trinajstić information content (AvgIpc) is 3.48. The van der Waals surface area contributed by atoms with Crippen molar-refractivity contribution in [2.75, 3.05) is 13.2 Å². The predicted molar refractivity (Wildman–Crippen MR) is 361 cm³/mol. The molecule has 0 spiro atoms. The third-order valence-electron chi connectivity index (χ3n) is 17.8. The standard InChI is InChI=1S/C76H147NO5/c1-3-5-7-9-11-13-15-17-19-21-22-23-30-33-37-40-44-48-52-56-60-64-68-74(79)73(72-78)77-75(80)69-65-61-57-53-49-45-41-38-34-31-28-26-24-25-27-29-32-35-39-43-47-51-55-59-63-67-71-82-76(81)70-66-62-58-54-50-46-42-36-20-18-16-14-12-10-8-6-4-2/h12,14,18,20,73-74,78-79H,3-11,13,15-17,19,21-72H2,1-2H3,(H,77,80)/b14-12-,20-18-. The highest BCUT2D eigenvalue weighted by Gasteiger charge is 2.20. The first-order chi connectivity index (χ1) is 40.5. The lowest BCUT2D eigenvalue weighted by atomic mass is 10.0. The molecule has 2 unspecified atom stereocenters. The van der Waals surface area contributed by atoms with Crippen molar-refractivity contribution >= 4 is 11.9 Å². The van der Waals surface area contributed by atoms with E-state index < -0.39 is 12.1 Å². The topological polar surface area (TPSA) is 95.9 Å². The summed E-state index contributed by atoms with van der Waals surface area (Å²) in [5, 5.41) is 23.5. The van der Waals surface area contributed by atoms with E-state index in [0.717, 1.165) is 51.4 Å². The quantitative estimate of drug-likeness (QED) is 0.0320. The van der Waals surface area contributed by atoms with Crippen molar-refractivity contribution in [3.8, 4) is 0 Å². The summed E-state index contributed by atoms with van der Waals surface area (Å²) in [5.74, 6) is -0.0171. The molecule has 0 aliphatic heterocycles. The molecule has 0 aromatic rings. The Morgan fingerprint density at radius 1 is 0.341 bits per heavy atom. The van der Waals surface area contributed by atoms with Crippen molar-refractivity contribution in [1.29, 1.82) is 0 Å². The van der Waals surface area contributed by atoms with Crippen LogP contribution in [0.2, 0.25) is 0 Å². The van der Waals surface area contributed by atoms with Gasteiger partial charge in [-0.05, 0) is 57.8 Å². The van der Waals surface area contributed by atoms with Gasteiger partial charge < -0.3 is 20.3 Å². The van der Waals surface area contributed by atoms with Crippen molar-refractivity contribution in [3.05, 3.63) is 24.3 Å². The fourth-order valence-corrected chi connectivity index (χ4v) is 12.0. The Hall–Kier alpha value is -1.66. The van der Waals surface area contributed by atoms with Crippen LogP contribution in [0, 0.1) is 0 Å². The van der Waals surface area contributed by atoms with E-state index in [1.165, 1.54) is 340 Å². The van der Waals surface area contributed by atoms with Gasteiger partial charge in [0.05, 0.1) is 25.4 Å². The van der Waals surface area contributed by atoms with E-state index >= 15 is 0 Å². The molecule has 0 aromatic heterocycles. The third kappa shape index (κ3) is 67.5. The van der Waals surface area contributed by atoms with E-state index in [0.29, 0.717) is 25.9 Å². The van der Waals surface area contributed by atoms with Crippen LogP contribution in [0.4, 0.5) is 0 Å². The van der Waals surface area contributed by atoms with Crippen LogP contribution in [0.15, 0.2) is 24.3 Å². The highest BCUT2D eigenvalue weighted by Crippen LogP contribution is 2.20. The average molecular weight is 1160 g/mol. The SMILES string of the molecule is CCCCC/C=C\C/C=C\CCCCCCCCCC(=O)OCCCCCCCCCCCCCCCCCCCCCCCCCCCCC(=O)NC(CO)C(O)CCCCCCCCCCCCCCCCCCCCCCCC. The van der Waals surface area contributed by atoms with Crippen LogP contribution in [0.3, 0.4) is 0 Å². The summed E-state index contributed by atoms with van der Waals surface area (Å²) in [5.41, 5.74) is 0. The minimum Gasteiger partial charge on any atom is -0.466 e. The van der Waals surface area contributed by atoms with Crippen LogP contribution >= 0.6 is 0 Å². The smallest absolute Gasteiger partial charge is 0.305 e. The molecule has 0 bridgehead atoms. The number of aliphatic hydroxyl groups is 2. The minimum absolute atomic E-state index is 0.0106. The maximum Gasteiger partial charge on any atom is 0.305 e. The largest absolute Gasteiger partial charge is 0.466 e. The summed E-state index contributed by atoms with van der Waals surface area (Å²) < 4.78 is 5.50. The van der Waals surface area contributed by atoms with Gasteiger partial charge in [-0.3, -0.25) is 9.59 Å². The maximum atomic E-state index is 12.6. The van der Waals surface area contributed by atoms with Gasteiger partial charge in [0, 0.05) is 12.8 Å². The second-order valence-electron chi connectivity index (χ2n) is 26.0. The number of hydrogen-bond acceptors (Lipinski definition) is 5. The second kappa shape index (κ2) is 71.8. The minimum atomic E-state index is -0.664. The van der Waals surface area contributed by atoms with Gasteiger partial charge in [-0.1, -0.05) is 378 Å². The van der Waals surface area contributed by atoms with Gasteiger partial charge in [-0.2, -0.15) is 0 Å². The molecule has 6 nitrogen and oxygen atoms in total. The number of esters is 1. The van der Waals surface area contributed by atoms with Crippen LogP contribution in [-0.4, -0.2) is 47.4 Å². The summed E-state index contributed by atoms with van der Waals surface area (Å²) in [6.45, 7) is 4.97. The zero-order valence-electron chi connectivity index (χ0n) is 55.8. The van der Waals surface area contributed by atoms with Crippen LogP contribution in [0.25, 0.3) is 0 Å². The molecule has 0 heterocycles. The lowest BCUT2D eigenvalue weighted by molar-refractivity contribution is -0.143. The van der Waals surface area contributed by atoms with Crippen molar-refractivity contribution in [2.45, 2.75) is 437 Å². The van der Waals surface area contributed by atoms with E-state index in [9.17, 15) is 19.8 Å². The van der Waals surface area contributed by atoms with Crippen molar-refractivity contribution < 1.29 is 24.5 Å². The fraction of sp³-hybridized carbons (Fsp3) is 0.921. The highest BCUT2D eigenvalue weighted by molar-refractivity contribution is 5.76. The van der Waals surface area contributed by atoms with E-state index in [2.05, 4.69) is 43.5 Å². The summed E-state index contributed by atoms with van der Waals surface area (Å²) in [4.78, 5) is 24.7. The van der Waals surface area contributed by atoms with Gasteiger partial charge in [0.15, 0.2) is 0 Å². The zero-order chi connectivity index (χ0) is 59.2. The molecule has 1 amide bonds. The van der Waals surface area contributed by atoms with Crippen LogP contribution in [0.1, 0.15) is 425 Å².